The zero-order valence-electron chi connectivity index (χ0n) is 12.6. The van der Waals surface area contributed by atoms with Gasteiger partial charge in [0.25, 0.3) is 5.91 Å². The summed E-state index contributed by atoms with van der Waals surface area (Å²) in [4.78, 5) is 20.8. The fourth-order valence-corrected chi connectivity index (χ4v) is 2.02. The zero-order valence-corrected chi connectivity index (χ0v) is 12.6. The third-order valence-corrected chi connectivity index (χ3v) is 2.92. The number of nitrogens with one attached hydrogen (secondary N) is 2. The summed E-state index contributed by atoms with van der Waals surface area (Å²) in [6.45, 7) is 6.79. The Morgan fingerprint density at radius 1 is 1.19 bits per heavy atom. The van der Waals surface area contributed by atoms with E-state index in [2.05, 4.69) is 27.5 Å². The highest BCUT2D eigenvalue weighted by Gasteiger charge is 2.08. The Hall–Kier alpha value is -2.43. The predicted octanol–water partition coefficient (Wildman–Crippen LogP) is 3.17. The first-order valence-corrected chi connectivity index (χ1v) is 7.05. The van der Waals surface area contributed by atoms with E-state index in [0.717, 1.165) is 24.2 Å². The van der Waals surface area contributed by atoms with E-state index in [1.54, 1.807) is 18.3 Å². The van der Waals surface area contributed by atoms with E-state index in [1.165, 1.54) is 0 Å². The monoisotopic (exact) mass is 284 g/mol. The quantitative estimate of drug-likeness (QED) is 0.885. The fourth-order valence-electron chi connectivity index (χ4n) is 2.02. The van der Waals surface area contributed by atoms with Crippen molar-refractivity contribution in [2.75, 3.05) is 17.2 Å². The molecule has 5 heteroatoms. The van der Waals surface area contributed by atoms with Crippen LogP contribution in [-0.4, -0.2) is 22.4 Å². The number of amides is 1. The molecular formula is C16H20N4O. The molecule has 2 N–H and O–H groups in total. The SMILES string of the molecule is CCCNc1cc(C(=O)Nc2cc(C)cc(C)n2)ccn1. The van der Waals surface area contributed by atoms with E-state index < -0.39 is 0 Å². The van der Waals surface area contributed by atoms with Gasteiger partial charge in [-0.25, -0.2) is 9.97 Å². The number of aromatic nitrogens is 2. The molecule has 2 rings (SSSR count). The average Bonchev–Trinajstić information content (AvgIpc) is 2.44. The lowest BCUT2D eigenvalue weighted by Crippen LogP contribution is -2.14. The number of anilines is 2. The molecule has 0 radical (unpaired) electrons. The Bertz CT molecular complexity index is 620. The van der Waals surface area contributed by atoms with Gasteiger partial charge < -0.3 is 10.6 Å². The molecule has 0 fully saturated rings. The van der Waals surface area contributed by atoms with Crippen molar-refractivity contribution in [2.24, 2.45) is 0 Å². The molecule has 1 amide bonds. The third kappa shape index (κ3) is 4.27. The molecule has 0 aliphatic rings. The van der Waals surface area contributed by atoms with E-state index in [0.29, 0.717) is 17.2 Å². The zero-order chi connectivity index (χ0) is 15.2. The van der Waals surface area contributed by atoms with E-state index in [1.807, 2.05) is 26.0 Å². The van der Waals surface area contributed by atoms with Crippen molar-refractivity contribution < 1.29 is 4.79 Å². The number of carbonyl (C=O) groups excluding carboxylic acids is 1. The predicted molar refractivity (Wildman–Crippen MR) is 84.7 cm³/mol. The van der Waals surface area contributed by atoms with Crippen LogP contribution in [0.3, 0.4) is 0 Å². The Morgan fingerprint density at radius 2 is 2.00 bits per heavy atom. The highest BCUT2D eigenvalue weighted by molar-refractivity contribution is 6.04. The lowest BCUT2D eigenvalue weighted by molar-refractivity contribution is 0.102. The summed E-state index contributed by atoms with van der Waals surface area (Å²) < 4.78 is 0. The van der Waals surface area contributed by atoms with Gasteiger partial charge in [-0.05, 0) is 50.1 Å². The van der Waals surface area contributed by atoms with Crippen molar-refractivity contribution in [2.45, 2.75) is 27.2 Å². The molecular weight excluding hydrogens is 264 g/mol. The van der Waals surface area contributed by atoms with Crippen molar-refractivity contribution in [3.8, 4) is 0 Å². The van der Waals surface area contributed by atoms with Crippen LogP contribution in [0, 0.1) is 13.8 Å². The number of aryl methyl sites for hydroxylation is 2. The topological polar surface area (TPSA) is 66.9 Å². The van der Waals surface area contributed by atoms with Gasteiger partial charge in [-0.1, -0.05) is 6.92 Å². The molecule has 0 aliphatic carbocycles. The van der Waals surface area contributed by atoms with Crippen molar-refractivity contribution >= 4 is 17.5 Å². The first-order chi connectivity index (χ1) is 10.1. The highest BCUT2D eigenvalue weighted by Crippen LogP contribution is 2.12. The van der Waals surface area contributed by atoms with Gasteiger partial charge >= 0.3 is 0 Å². The Balaban J connectivity index is 2.12. The second kappa shape index (κ2) is 6.83. The smallest absolute Gasteiger partial charge is 0.257 e. The van der Waals surface area contributed by atoms with Gasteiger partial charge in [0.2, 0.25) is 0 Å². The van der Waals surface area contributed by atoms with Crippen LogP contribution in [0.1, 0.15) is 35.0 Å². The minimum absolute atomic E-state index is 0.186. The molecule has 2 aromatic heterocycles. The summed E-state index contributed by atoms with van der Waals surface area (Å²) in [5.74, 6) is 1.09. The van der Waals surface area contributed by atoms with E-state index >= 15 is 0 Å². The number of nitrogens with zero attached hydrogens (tertiary/aromatic N) is 2. The lowest BCUT2D eigenvalue weighted by atomic mass is 10.2. The largest absolute Gasteiger partial charge is 0.370 e. The van der Waals surface area contributed by atoms with Crippen LogP contribution >= 0.6 is 0 Å². The van der Waals surface area contributed by atoms with Crippen molar-refractivity contribution in [1.29, 1.82) is 0 Å². The van der Waals surface area contributed by atoms with Crippen LogP contribution in [0.4, 0.5) is 11.6 Å². The summed E-state index contributed by atoms with van der Waals surface area (Å²) >= 11 is 0. The lowest BCUT2D eigenvalue weighted by Gasteiger charge is -2.08. The molecule has 0 atom stereocenters. The van der Waals surface area contributed by atoms with Gasteiger partial charge in [0.15, 0.2) is 0 Å². The van der Waals surface area contributed by atoms with Gasteiger partial charge in [0, 0.05) is 24.0 Å². The highest BCUT2D eigenvalue weighted by atomic mass is 16.1. The summed E-state index contributed by atoms with van der Waals surface area (Å²) in [7, 11) is 0. The number of carbonyl (C=O) groups is 1. The molecule has 2 aromatic rings. The second-order valence-corrected chi connectivity index (χ2v) is 4.98. The average molecular weight is 284 g/mol. The van der Waals surface area contributed by atoms with Gasteiger partial charge in [-0.2, -0.15) is 0 Å². The van der Waals surface area contributed by atoms with Crippen molar-refractivity contribution in [3.05, 3.63) is 47.3 Å². The Kier molecular flexibility index (Phi) is 4.87. The molecule has 110 valence electrons. The van der Waals surface area contributed by atoms with Crippen molar-refractivity contribution in [1.82, 2.24) is 9.97 Å². The maximum atomic E-state index is 12.3. The number of hydrogen-bond acceptors (Lipinski definition) is 4. The minimum Gasteiger partial charge on any atom is -0.370 e. The van der Waals surface area contributed by atoms with Gasteiger partial charge in [-0.3, -0.25) is 4.79 Å². The summed E-state index contributed by atoms with van der Waals surface area (Å²) in [6, 6.07) is 7.25. The summed E-state index contributed by atoms with van der Waals surface area (Å²) in [5.41, 5.74) is 2.51. The maximum absolute atomic E-state index is 12.3. The first-order valence-electron chi connectivity index (χ1n) is 7.05. The van der Waals surface area contributed by atoms with E-state index in [9.17, 15) is 4.79 Å². The number of rotatable bonds is 5. The van der Waals surface area contributed by atoms with Crippen molar-refractivity contribution in [3.63, 3.8) is 0 Å². The van der Waals surface area contributed by atoms with Crippen LogP contribution in [0.15, 0.2) is 30.5 Å². The molecule has 0 saturated heterocycles. The Labute approximate surface area is 124 Å². The second-order valence-electron chi connectivity index (χ2n) is 4.98. The van der Waals surface area contributed by atoms with Gasteiger partial charge in [-0.15, -0.1) is 0 Å². The number of hydrogen-bond donors (Lipinski definition) is 2. The van der Waals surface area contributed by atoms with Crippen LogP contribution < -0.4 is 10.6 Å². The molecule has 0 aliphatic heterocycles. The summed E-state index contributed by atoms with van der Waals surface area (Å²) in [5, 5.41) is 5.98. The molecule has 5 nitrogen and oxygen atoms in total. The molecule has 0 spiro atoms. The van der Waals surface area contributed by atoms with Gasteiger partial charge in [0.1, 0.15) is 11.6 Å². The molecule has 0 aromatic carbocycles. The molecule has 21 heavy (non-hydrogen) atoms. The van der Waals surface area contributed by atoms with E-state index in [-0.39, 0.29) is 5.91 Å². The molecule has 0 saturated carbocycles. The Morgan fingerprint density at radius 3 is 2.71 bits per heavy atom. The minimum atomic E-state index is -0.186. The molecule has 2 heterocycles. The maximum Gasteiger partial charge on any atom is 0.257 e. The fraction of sp³-hybridized carbons (Fsp3) is 0.312. The normalized spacial score (nSPS) is 10.2. The van der Waals surface area contributed by atoms with Crippen LogP contribution in [0.5, 0.6) is 0 Å². The molecule has 0 bridgehead atoms. The van der Waals surface area contributed by atoms with E-state index in [4.69, 9.17) is 0 Å². The van der Waals surface area contributed by atoms with Crippen LogP contribution in [-0.2, 0) is 0 Å². The first kappa shape index (κ1) is 15.0. The standard InChI is InChI=1S/C16H20N4O/c1-4-6-17-14-10-13(5-7-18-14)16(21)20-15-9-11(2)8-12(3)19-15/h5,7-10H,4,6H2,1-3H3,(H,17,18)(H,19,20,21). The third-order valence-electron chi connectivity index (χ3n) is 2.92. The van der Waals surface area contributed by atoms with Crippen LogP contribution in [0.25, 0.3) is 0 Å². The molecule has 0 unspecified atom stereocenters. The summed E-state index contributed by atoms with van der Waals surface area (Å²) in [6.07, 6.45) is 2.63. The van der Waals surface area contributed by atoms with Gasteiger partial charge in [0.05, 0.1) is 0 Å². The number of pyridine rings is 2. The van der Waals surface area contributed by atoms with Crippen LogP contribution in [0.2, 0.25) is 0 Å².